The van der Waals surface area contributed by atoms with Crippen LogP contribution in [0.2, 0.25) is 5.02 Å². The highest BCUT2D eigenvalue weighted by Crippen LogP contribution is 2.23. The van der Waals surface area contributed by atoms with E-state index >= 15 is 0 Å². The predicted octanol–water partition coefficient (Wildman–Crippen LogP) is 2.19. The minimum absolute atomic E-state index is 0.697. The molecule has 1 aromatic carbocycles. The molecule has 100 valence electrons. The zero-order chi connectivity index (χ0) is 12.8. The topological polar surface area (TPSA) is 24.5 Å². The fraction of sp³-hybridized carbons (Fsp3) is 0.571. The van der Waals surface area contributed by atoms with Crippen LogP contribution in [0.1, 0.15) is 12.5 Å². The number of hydrogen-bond donors (Lipinski definition) is 1. The molecular weight excluding hydrogens is 248 g/mol. The molecule has 0 atom stereocenters. The van der Waals surface area contributed by atoms with E-state index < -0.39 is 0 Å². The van der Waals surface area contributed by atoms with Crippen molar-refractivity contribution in [1.82, 2.24) is 10.2 Å². The van der Waals surface area contributed by atoms with Gasteiger partial charge in [0.2, 0.25) is 0 Å². The van der Waals surface area contributed by atoms with Crippen molar-refractivity contribution < 1.29 is 4.74 Å². The number of piperazine rings is 1. The molecule has 1 aliphatic rings. The fourth-order valence-electron chi connectivity index (χ4n) is 2.25. The van der Waals surface area contributed by atoms with Crippen molar-refractivity contribution in [2.75, 3.05) is 39.3 Å². The van der Waals surface area contributed by atoms with Crippen molar-refractivity contribution >= 4 is 11.6 Å². The normalized spacial score (nSPS) is 16.8. The van der Waals surface area contributed by atoms with Gasteiger partial charge >= 0.3 is 0 Å². The molecule has 1 heterocycles. The monoisotopic (exact) mass is 268 g/mol. The van der Waals surface area contributed by atoms with Gasteiger partial charge in [0.05, 0.1) is 6.61 Å². The highest BCUT2D eigenvalue weighted by atomic mass is 35.5. The summed E-state index contributed by atoms with van der Waals surface area (Å²) in [6.45, 7) is 8.22. The van der Waals surface area contributed by atoms with Crippen LogP contribution in [0.3, 0.4) is 0 Å². The summed E-state index contributed by atoms with van der Waals surface area (Å²) in [6, 6.07) is 5.88. The molecule has 0 bridgehead atoms. The molecule has 2 rings (SSSR count). The second-order valence-corrected chi connectivity index (χ2v) is 4.96. The summed E-state index contributed by atoms with van der Waals surface area (Å²) >= 11 is 6.06. The van der Waals surface area contributed by atoms with Crippen LogP contribution >= 0.6 is 11.6 Å². The maximum atomic E-state index is 6.06. The number of benzene rings is 1. The van der Waals surface area contributed by atoms with Gasteiger partial charge in [-0.25, -0.2) is 0 Å². The van der Waals surface area contributed by atoms with Gasteiger partial charge in [0, 0.05) is 37.7 Å². The minimum atomic E-state index is 0.697. The van der Waals surface area contributed by atoms with Crippen molar-refractivity contribution in [3.63, 3.8) is 0 Å². The van der Waals surface area contributed by atoms with Crippen molar-refractivity contribution in [2.45, 2.75) is 13.3 Å². The molecule has 0 unspecified atom stereocenters. The summed E-state index contributed by atoms with van der Waals surface area (Å²) in [4.78, 5) is 2.48. The van der Waals surface area contributed by atoms with Crippen LogP contribution in [0.25, 0.3) is 0 Å². The Morgan fingerprint density at radius 3 is 2.83 bits per heavy atom. The predicted molar refractivity (Wildman–Crippen MR) is 75.6 cm³/mol. The molecule has 1 N–H and O–H groups in total. The van der Waals surface area contributed by atoms with Gasteiger partial charge in [-0.2, -0.15) is 0 Å². The Morgan fingerprint density at radius 1 is 1.33 bits per heavy atom. The molecule has 0 aromatic heterocycles. The first-order valence-electron chi connectivity index (χ1n) is 6.64. The Bertz CT molecular complexity index is 378. The second kappa shape index (κ2) is 6.98. The van der Waals surface area contributed by atoms with Gasteiger partial charge < -0.3 is 15.0 Å². The van der Waals surface area contributed by atoms with Gasteiger partial charge in [-0.3, -0.25) is 0 Å². The lowest BCUT2D eigenvalue weighted by Gasteiger charge is -2.27. The summed E-state index contributed by atoms with van der Waals surface area (Å²) in [5.74, 6) is 0.969. The first-order chi connectivity index (χ1) is 8.79. The largest absolute Gasteiger partial charge is 0.494 e. The van der Waals surface area contributed by atoms with E-state index in [4.69, 9.17) is 16.3 Å². The molecule has 0 saturated carbocycles. The first-order valence-corrected chi connectivity index (χ1v) is 7.01. The second-order valence-electron chi connectivity index (χ2n) is 4.53. The molecule has 1 fully saturated rings. The van der Waals surface area contributed by atoms with E-state index in [0.29, 0.717) is 6.61 Å². The van der Waals surface area contributed by atoms with Crippen LogP contribution in [0.4, 0.5) is 0 Å². The van der Waals surface area contributed by atoms with E-state index in [1.165, 1.54) is 5.56 Å². The molecule has 0 amide bonds. The quantitative estimate of drug-likeness (QED) is 0.886. The molecule has 0 radical (unpaired) electrons. The Morgan fingerprint density at radius 2 is 2.11 bits per heavy atom. The van der Waals surface area contributed by atoms with Crippen LogP contribution in [-0.4, -0.2) is 44.2 Å². The summed E-state index contributed by atoms with van der Waals surface area (Å²) in [6.07, 6.45) is 0.996. The van der Waals surface area contributed by atoms with Crippen LogP contribution in [0.5, 0.6) is 5.75 Å². The first kappa shape index (κ1) is 13.7. The molecule has 3 nitrogen and oxygen atoms in total. The third kappa shape index (κ3) is 3.87. The van der Waals surface area contributed by atoms with E-state index in [-0.39, 0.29) is 0 Å². The number of halogens is 1. The summed E-state index contributed by atoms with van der Waals surface area (Å²) in [5.41, 5.74) is 1.21. The zero-order valence-electron chi connectivity index (χ0n) is 10.9. The molecule has 4 heteroatoms. The van der Waals surface area contributed by atoms with Gasteiger partial charge in [-0.05, 0) is 37.1 Å². The number of ether oxygens (including phenoxy) is 1. The Kier molecular flexibility index (Phi) is 5.29. The summed E-state index contributed by atoms with van der Waals surface area (Å²) in [5, 5.41) is 4.15. The maximum absolute atomic E-state index is 6.06. The Hall–Kier alpha value is -0.770. The lowest BCUT2D eigenvalue weighted by Crippen LogP contribution is -2.44. The van der Waals surface area contributed by atoms with E-state index in [2.05, 4.69) is 10.2 Å². The summed E-state index contributed by atoms with van der Waals surface area (Å²) < 4.78 is 5.64. The average molecular weight is 269 g/mol. The lowest BCUT2D eigenvalue weighted by molar-refractivity contribution is 0.242. The minimum Gasteiger partial charge on any atom is -0.494 e. The van der Waals surface area contributed by atoms with Crippen molar-refractivity contribution in [3.05, 3.63) is 28.8 Å². The van der Waals surface area contributed by atoms with Crippen molar-refractivity contribution in [1.29, 1.82) is 0 Å². The van der Waals surface area contributed by atoms with E-state index in [1.807, 2.05) is 25.1 Å². The Balaban J connectivity index is 1.95. The Labute approximate surface area is 114 Å². The van der Waals surface area contributed by atoms with Gasteiger partial charge in [-0.15, -0.1) is 0 Å². The van der Waals surface area contributed by atoms with Gasteiger partial charge in [0.25, 0.3) is 0 Å². The van der Waals surface area contributed by atoms with Crippen molar-refractivity contribution in [2.24, 2.45) is 0 Å². The van der Waals surface area contributed by atoms with E-state index in [0.717, 1.165) is 49.9 Å². The van der Waals surface area contributed by atoms with Crippen LogP contribution in [0, 0.1) is 0 Å². The van der Waals surface area contributed by atoms with E-state index in [1.54, 1.807) is 0 Å². The molecule has 1 saturated heterocycles. The molecular formula is C14H21ClN2O. The number of nitrogens with zero attached hydrogens (tertiary/aromatic N) is 1. The molecule has 1 aliphatic heterocycles. The zero-order valence-corrected chi connectivity index (χ0v) is 11.7. The van der Waals surface area contributed by atoms with Gasteiger partial charge in [-0.1, -0.05) is 11.6 Å². The number of hydrogen-bond acceptors (Lipinski definition) is 3. The number of rotatable bonds is 5. The SMILES string of the molecule is CCOc1ccc(Cl)cc1CCN1CCNCC1. The van der Waals surface area contributed by atoms with Crippen LogP contribution in [-0.2, 0) is 6.42 Å². The maximum Gasteiger partial charge on any atom is 0.122 e. The molecule has 0 spiro atoms. The standard InChI is InChI=1S/C14H21ClN2O/c1-2-18-14-4-3-13(15)11-12(14)5-8-17-9-6-16-7-10-17/h3-4,11,16H,2,5-10H2,1H3. The third-order valence-electron chi connectivity index (χ3n) is 3.23. The lowest BCUT2D eigenvalue weighted by atomic mass is 10.1. The third-order valence-corrected chi connectivity index (χ3v) is 3.46. The summed E-state index contributed by atoms with van der Waals surface area (Å²) in [7, 11) is 0. The van der Waals surface area contributed by atoms with E-state index in [9.17, 15) is 0 Å². The average Bonchev–Trinajstić information content (AvgIpc) is 2.40. The highest BCUT2D eigenvalue weighted by Gasteiger charge is 2.11. The molecule has 18 heavy (non-hydrogen) atoms. The number of nitrogens with one attached hydrogen (secondary N) is 1. The molecule has 1 aromatic rings. The van der Waals surface area contributed by atoms with Crippen LogP contribution in [0.15, 0.2) is 18.2 Å². The highest BCUT2D eigenvalue weighted by molar-refractivity contribution is 6.30. The van der Waals surface area contributed by atoms with Gasteiger partial charge in [0.15, 0.2) is 0 Å². The smallest absolute Gasteiger partial charge is 0.122 e. The fourth-order valence-corrected chi connectivity index (χ4v) is 2.45. The van der Waals surface area contributed by atoms with Crippen LogP contribution < -0.4 is 10.1 Å². The van der Waals surface area contributed by atoms with Crippen molar-refractivity contribution in [3.8, 4) is 5.75 Å². The van der Waals surface area contributed by atoms with Gasteiger partial charge in [0.1, 0.15) is 5.75 Å². The molecule has 0 aliphatic carbocycles.